The molecule has 0 radical (unpaired) electrons. The molecule has 1 aliphatic rings. The second-order valence-corrected chi connectivity index (χ2v) is 4.19. The Kier molecular flexibility index (Phi) is 3.12. The lowest BCUT2D eigenvalue weighted by Gasteiger charge is -2.20. The predicted molar refractivity (Wildman–Crippen MR) is 57.3 cm³/mol. The molecular formula is C11H14N2O4. The lowest BCUT2D eigenvalue weighted by Crippen LogP contribution is -2.41. The second-order valence-electron chi connectivity index (χ2n) is 4.19. The van der Waals surface area contributed by atoms with Crippen LogP contribution < -0.4 is 0 Å². The summed E-state index contributed by atoms with van der Waals surface area (Å²) in [5, 5.41) is 12.7. The van der Waals surface area contributed by atoms with Crippen molar-refractivity contribution in [3.8, 4) is 0 Å². The van der Waals surface area contributed by atoms with Crippen molar-refractivity contribution in [3.05, 3.63) is 17.5 Å². The smallest absolute Gasteiger partial charge is 0.326 e. The summed E-state index contributed by atoms with van der Waals surface area (Å²) in [6.45, 7) is 2.25. The highest BCUT2D eigenvalue weighted by Crippen LogP contribution is 2.18. The number of rotatable bonds is 3. The summed E-state index contributed by atoms with van der Waals surface area (Å²) < 4.78 is 4.87. The molecule has 92 valence electrons. The van der Waals surface area contributed by atoms with Crippen LogP contribution in [0.25, 0.3) is 0 Å². The summed E-state index contributed by atoms with van der Waals surface area (Å²) in [7, 11) is 0. The van der Waals surface area contributed by atoms with Gasteiger partial charge in [0.15, 0.2) is 0 Å². The van der Waals surface area contributed by atoms with E-state index in [9.17, 15) is 9.59 Å². The van der Waals surface area contributed by atoms with Crippen LogP contribution in [0.5, 0.6) is 0 Å². The van der Waals surface area contributed by atoms with Crippen LogP contribution >= 0.6 is 0 Å². The van der Waals surface area contributed by atoms with E-state index < -0.39 is 12.0 Å². The largest absolute Gasteiger partial charge is 0.480 e. The van der Waals surface area contributed by atoms with Crippen LogP contribution in [-0.4, -0.2) is 39.6 Å². The lowest BCUT2D eigenvalue weighted by molar-refractivity contribution is -0.148. The molecule has 1 aromatic rings. The Morgan fingerprint density at radius 2 is 2.41 bits per heavy atom. The topological polar surface area (TPSA) is 83.6 Å². The number of aromatic nitrogens is 1. The molecule has 1 atom stereocenters. The first kappa shape index (κ1) is 11.6. The Bertz CT molecular complexity index is 440. The van der Waals surface area contributed by atoms with E-state index in [2.05, 4.69) is 5.16 Å². The first-order valence-corrected chi connectivity index (χ1v) is 5.52. The highest BCUT2D eigenvalue weighted by atomic mass is 16.5. The minimum Gasteiger partial charge on any atom is -0.480 e. The molecule has 0 unspecified atom stereocenters. The molecule has 2 rings (SSSR count). The van der Waals surface area contributed by atoms with E-state index in [0.717, 1.165) is 6.42 Å². The number of likely N-dealkylation sites (tertiary alicyclic amines) is 1. The molecule has 1 amide bonds. The number of nitrogens with zero attached hydrogens (tertiary/aromatic N) is 2. The molecule has 17 heavy (non-hydrogen) atoms. The number of aliphatic carboxylic acids is 1. The van der Waals surface area contributed by atoms with Gasteiger partial charge in [-0.2, -0.15) is 0 Å². The van der Waals surface area contributed by atoms with Crippen molar-refractivity contribution in [2.75, 3.05) is 6.54 Å². The van der Waals surface area contributed by atoms with Gasteiger partial charge in [-0.25, -0.2) is 4.79 Å². The first-order valence-electron chi connectivity index (χ1n) is 5.52. The fourth-order valence-corrected chi connectivity index (χ4v) is 2.08. The summed E-state index contributed by atoms with van der Waals surface area (Å²) in [4.78, 5) is 24.3. The third-order valence-corrected chi connectivity index (χ3v) is 2.87. The third kappa shape index (κ3) is 2.46. The number of carbonyl (C=O) groups excluding carboxylic acids is 1. The molecule has 6 heteroatoms. The van der Waals surface area contributed by atoms with Gasteiger partial charge in [0.25, 0.3) is 0 Å². The van der Waals surface area contributed by atoms with Crippen LogP contribution in [0, 0.1) is 6.92 Å². The highest BCUT2D eigenvalue weighted by Gasteiger charge is 2.33. The van der Waals surface area contributed by atoms with Crippen LogP contribution in [-0.2, 0) is 16.0 Å². The predicted octanol–water partition coefficient (Wildman–Crippen LogP) is 0.601. The third-order valence-electron chi connectivity index (χ3n) is 2.87. The fourth-order valence-electron chi connectivity index (χ4n) is 2.08. The zero-order chi connectivity index (χ0) is 12.4. The molecule has 0 bridgehead atoms. The maximum atomic E-state index is 11.9. The van der Waals surface area contributed by atoms with Gasteiger partial charge in [-0.15, -0.1) is 0 Å². The number of hydrogen-bond acceptors (Lipinski definition) is 4. The highest BCUT2D eigenvalue weighted by molar-refractivity contribution is 5.85. The number of carbonyl (C=O) groups is 2. The molecule has 0 spiro atoms. The number of carboxylic acid groups (broad SMARTS) is 1. The van der Waals surface area contributed by atoms with E-state index in [1.165, 1.54) is 4.90 Å². The second kappa shape index (κ2) is 4.57. The molecule has 1 fully saturated rings. The van der Waals surface area contributed by atoms with E-state index in [0.29, 0.717) is 24.4 Å². The van der Waals surface area contributed by atoms with Gasteiger partial charge in [0.2, 0.25) is 5.91 Å². The van der Waals surface area contributed by atoms with Crippen LogP contribution in [0.2, 0.25) is 0 Å². The van der Waals surface area contributed by atoms with Gasteiger partial charge in [0.05, 0.1) is 12.1 Å². The van der Waals surface area contributed by atoms with Crippen molar-refractivity contribution >= 4 is 11.9 Å². The van der Waals surface area contributed by atoms with Crippen molar-refractivity contribution in [1.29, 1.82) is 0 Å². The van der Waals surface area contributed by atoms with Crippen molar-refractivity contribution < 1.29 is 19.2 Å². The van der Waals surface area contributed by atoms with E-state index in [4.69, 9.17) is 9.63 Å². The number of amides is 1. The van der Waals surface area contributed by atoms with Crippen molar-refractivity contribution in [2.45, 2.75) is 32.2 Å². The molecule has 0 aliphatic carbocycles. The molecule has 0 aromatic carbocycles. The average molecular weight is 238 g/mol. The molecule has 1 saturated heterocycles. The Morgan fingerprint density at radius 3 is 3.00 bits per heavy atom. The first-order chi connectivity index (χ1) is 8.08. The molecular weight excluding hydrogens is 224 g/mol. The molecule has 1 aromatic heterocycles. The van der Waals surface area contributed by atoms with Gasteiger partial charge < -0.3 is 14.5 Å². The monoisotopic (exact) mass is 238 g/mol. The number of aryl methyl sites for hydroxylation is 1. The van der Waals surface area contributed by atoms with Gasteiger partial charge in [-0.05, 0) is 19.8 Å². The maximum Gasteiger partial charge on any atom is 0.326 e. The van der Waals surface area contributed by atoms with Gasteiger partial charge in [0, 0.05) is 12.6 Å². The quantitative estimate of drug-likeness (QED) is 0.833. The molecule has 1 N–H and O–H groups in total. The Balaban J connectivity index is 2.02. The summed E-state index contributed by atoms with van der Waals surface area (Å²) in [5.74, 6) is -0.501. The van der Waals surface area contributed by atoms with Gasteiger partial charge >= 0.3 is 5.97 Å². The van der Waals surface area contributed by atoms with Crippen LogP contribution in [0.15, 0.2) is 10.6 Å². The Morgan fingerprint density at radius 1 is 1.65 bits per heavy atom. The fraction of sp³-hybridized carbons (Fsp3) is 0.545. The average Bonchev–Trinajstić information content (AvgIpc) is 2.86. The zero-order valence-electron chi connectivity index (χ0n) is 9.55. The molecule has 0 saturated carbocycles. The van der Waals surface area contributed by atoms with E-state index in [1.807, 2.05) is 0 Å². The maximum absolute atomic E-state index is 11.9. The molecule has 2 heterocycles. The lowest BCUT2D eigenvalue weighted by atomic mass is 10.2. The zero-order valence-corrected chi connectivity index (χ0v) is 9.55. The standard InChI is InChI=1S/C11H14N2O4/c1-7-5-8(12-17-7)6-10(14)13-4-2-3-9(13)11(15)16/h5,9H,2-4,6H2,1H3,(H,15,16)/t9-/m1/s1. The van der Waals surface area contributed by atoms with E-state index in [1.54, 1.807) is 13.0 Å². The Hall–Kier alpha value is -1.85. The van der Waals surface area contributed by atoms with Crippen LogP contribution in [0.4, 0.5) is 0 Å². The Labute approximate surface area is 98.2 Å². The van der Waals surface area contributed by atoms with E-state index in [-0.39, 0.29) is 12.3 Å². The number of hydrogen-bond donors (Lipinski definition) is 1. The normalized spacial score (nSPS) is 19.6. The van der Waals surface area contributed by atoms with Gasteiger partial charge in [-0.3, -0.25) is 4.79 Å². The summed E-state index contributed by atoms with van der Waals surface area (Å²) in [6.07, 6.45) is 1.36. The molecule has 1 aliphatic heterocycles. The van der Waals surface area contributed by atoms with Crippen LogP contribution in [0.3, 0.4) is 0 Å². The summed E-state index contributed by atoms with van der Waals surface area (Å²) in [6, 6.07) is 1.000. The SMILES string of the molecule is Cc1cc(CC(=O)N2CCC[C@@H]2C(=O)O)no1. The van der Waals surface area contributed by atoms with E-state index >= 15 is 0 Å². The van der Waals surface area contributed by atoms with Crippen molar-refractivity contribution in [1.82, 2.24) is 10.1 Å². The summed E-state index contributed by atoms with van der Waals surface area (Å²) in [5.41, 5.74) is 0.545. The van der Waals surface area contributed by atoms with Gasteiger partial charge in [-0.1, -0.05) is 5.16 Å². The number of carboxylic acids is 1. The van der Waals surface area contributed by atoms with Crippen molar-refractivity contribution in [3.63, 3.8) is 0 Å². The minimum atomic E-state index is -0.938. The minimum absolute atomic E-state index is 0.0983. The van der Waals surface area contributed by atoms with Crippen LogP contribution in [0.1, 0.15) is 24.3 Å². The van der Waals surface area contributed by atoms with Crippen molar-refractivity contribution in [2.24, 2.45) is 0 Å². The molecule has 6 nitrogen and oxygen atoms in total. The summed E-state index contributed by atoms with van der Waals surface area (Å²) >= 11 is 0. The van der Waals surface area contributed by atoms with Gasteiger partial charge in [0.1, 0.15) is 11.8 Å².